The van der Waals surface area contributed by atoms with Crippen LogP contribution in [0.25, 0.3) is 28.3 Å². The van der Waals surface area contributed by atoms with Crippen LogP contribution in [-0.4, -0.2) is 50.9 Å². The maximum absolute atomic E-state index is 6.23. The van der Waals surface area contributed by atoms with Crippen LogP contribution in [0.15, 0.2) is 54.9 Å². The molecule has 0 unspecified atom stereocenters. The van der Waals surface area contributed by atoms with Crippen LogP contribution in [0.2, 0.25) is 0 Å². The Kier molecular flexibility index (Phi) is 4.10. The van der Waals surface area contributed by atoms with Gasteiger partial charge in [-0.1, -0.05) is 6.07 Å². The number of nitrogens with zero attached hydrogens (tertiary/aromatic N) is 6. The Hall–Kier alpha value is -3.52. The third-order valence-corrected chi connectivity index (χ3v) is 4.78. The van der Waals surface area contributed by atoms with Crippen molar-refractivity contribution in [2.75, 3.05) is 36.9 Å². The summed E-state index contributed by atoms with van der Waals surface area (Å²) in [5.41, 5.74) is 9.55. The van der Waals surface area contributed by atoms with E-state index in [0.717, 1.165) is 43.2 Å². The summed E-state index contributed by atoms with van der Waals surface area (Å²) in [6.07, 6.45) is 3.59. The van der Waals surface area contributed by atoms with Gasteiger partial charge in [-0.2, -0.15) is 4.52 Å². The van der Waals surface area contributed by atoms with E-state index >= 15 is 0 Å². The molecule has 140 valence electrons. The van der Waals surface area contributed by atoms with Crippen molar-refractivity contribution in [1.29, 1.82) is 0 Å². The van der Waals surface area contributed by atoms with Crippen molar-refractivity contribution in [1.82, 2.24) is 24.6 Å². The first kappa shape index (κ1) is 16.6. The summed E-state index contributed by atoms with van der Waals surface area (Å²) in [6, 6.07) is 13.6. The molecule has 0 spiro atoms. The predicted molar refractivity (Wildman–Crippen MR) is 107 cm³/mol. The molecule has 1 aliphatic rings. The van der Waals surface area contributed by atoms with E-state index < -0.39 is 0 Å². The van der Waals surface area contributed by atoms with E-state index in [4.69, 9.17) is 10.5 Å². The van der Waals surface area contributed by atoms with Crippen LogP contribution in [0.4, 0.5) is 11.6 Å². The molecule has 8 nitrogen and oxygen atoms in total. The highest BCUT2D eigenvalue weighted by molar-refractivity contribution is 5.72. The van der Waals surface area contributed by atoms with Crippen LogP contribution in [0.3, 0.4) is 0 Å². The number of hydrogen-bond acceptors (Lipinski definition) is 7. The van der Waals surface area contributed by atoms with Crippen LogP contribution in [0.1, 0.15) is 0 Å². The average molecular weight is 373 g/mol. The van der Waals surface area contributed by atoms with Crippen molar-refractivity contribution in [2.24, 2.45) is 0 Å². The van der Waals surface area contributed by atoms with Gasteiger partial charge in [-0.25, -0.2) is 9.97 Å². The van der Waals surface area contributed by atoms with Crippen molar-refractivity contribution in [3.05, 3.63) is 54.9 Å². The number of anilines is 2. The molecule has 0 aromatic carbocycles. The van der Waals surface area contributed by atoms with E-state index in [2.05, 4.69) is 31.0 Å². The molecular weight excluding hydrogens is 354 g/mol. The number of morpholine rings is 1. The predicted octanol–water partition coefficient (Wildman–Crippen LogP) is 2.27. The molecule has 0 radical (unpaired) electrons. The van der Waals surface area contributed by atoms with Gasteiger partial charge in [-0.3, -0.25) is 4.98 Å². The topological polar surface area (TPSA) is 94.5 Å². The molecule has 0 atom stereocenters. The fourth-order valence-electron chi connectivity index (χ4n) is 3.32. The molecule has 8 heteroatoms. The van der Waals surface area contributed by atoms with Gasteiger partial charge in [0, 0.05) is 31.0 Å². The summed E-state index contributed by atoms with van der Waals surface area (Å²) < 4.78 is 7.03. The molecule has 1 saturated heterocycles. The molecule has 0 aliphatic carbocycles. The lowest BCUT2D eigenvalue weighted by Gasteiger charge is -2.27. The van der Waals surface area contributed by atoms with Gasteiger partial charge >= 0.3 is 0 Å². The number of nitrogen functional groups attached to an aromatic ring is 1. The lowest BCUT2D eigenvalue weighted by Crippen LogP contribution is -2.36. The smallest absolute Gasteiger partial charge is 0.200 e. The monoisotopic (exact) mass is 373 g/mol. The van der Waals surface area contributed by atoms with Gasteiger partial charge in [0.05, 0.1) is 13.2 Å². The van der Waals surface area contributed by atoms with Gasteiger partial charge in [0.1, 0.15) is 17.3 Å². The first-order chi connectivity index (χ1) is 13.8. The number of ether oxygens (including phenoxy) is 1. The highest BCUT2D eigenvalue weighted by atomic mass is 16.5. The van der Waals surface area contributed by atoms with Crippen LogP contribution >= 0.6 is 0 Å². The molecule has 5 heterocycles. The maximum atomic E-state index is 6.23. The van der Waals surface area contributed by atoms with Crippen LogP contribution in [0.5, 0.6) is 0 Å². The Morgan fingerprint density at radius 1 is 0.964 bits per heavy atom. The largest absolute Gasteiger partial charge is 0.384 e. The zero-order valence-corrected chi connectivity index (χ0v) is 15.2. The molecule has 0 bridgehead atoms. The molecule has 2 N–H and O–H groups in total. The minimum Gasteiger partial charge on any atom is -0.384 e. The van der Waals surface area contributed by atoms with E-state index in [0.29, 0.717) is 23.0 Å². The summed E-state index contributed by atoms with van der Waals surface area (Å²) in [6.45, 7) is 3.20. The average Bonchev–Trinajstić information content (AvgIpc) is 3.20. The van der Waals surface area contributed by atoms with Crippen LogP contribution in [0, 0.1) is 0 Å². The van der Waals surface area contributed by atoms with Crippen molar-refractivity contribution < 1.29 is 4.74 Å². The molecule has 28 heavy (non-hydrogen) atoms. The van der Waals surface area contributed by atoms with Gasteiger partial charge in [-0.15, -0.1) is 5.10 Å². The molecule has 0 saturated carbocycles. The molecule has 4 aromatic heterocycles. The number of rotatable bonds is 3. The van der Waals surface area contributed by atoms with Crippen molar-refractivity contribution in [3.63, 3.8) is 0 Å². The highest BCUT2D eigenvalue weighted by Crippen LogP contribution is 2.26. The minimum absolute atomic E-state index is 0.513. The third kappa shape index (κ3) is 3.03. The summed E-state index contributed by atoms with van der Waals surface area (Å²) in [7, 11) is 0. The lowest BCUT2D eigenvalue weighted by molar-refractivity contribution is 0.122. The normalized spacial score (nSPS) is 14.5. The van der Waals surface area contributed by atoms with E-state index in [1.807, 2.05) is 42.6 Å². The zero-order valence-electron chi connectivity index (χ0n) is 15.2. The Bertz CT molecular complexity index is 1100. The second kappa shape index (κ2) is 6.90. The maximum Gasteiger partial charge on any atom is 0.200 e. The molecule has 5 rings (SSSR count). The van der Waals surface area contributed by atoms with Gasteiger partial charge in [0.15, 0.2) is 5.65 Å². The van der Waals surface area contributed by atoms with E-state index in [9.17, 15) is 0 Å². The summed E-state index contributed by atoms with van der Waals surface area (Å²) in [5, 5.41) is 4.48. The second-order valence-corrected chi connectivity index (χ2v) is 6.59. The van der Waals surface area contributed by atoms with Crippen molar-refractivity contribution in [3.8, 4) is 22.6 Å². The Morgan fingerprint density at radius 3 is 2.61 bits per heavy atom. The van der Waals surface area contributed by atoms with Gasteiger partial charge in [-0.05, 0) is 42.0 Å². The number of pyridine rings is 3. The fourth-order valence-corrected chi connectivity index (χ4v) is 3.32. The molecule has 1 fully saturated rings. The highest BCUT2D eigenvalue weighted by Gasteiger charge is 2.14. The second-order valence-electron chi connectivity index (χ2n) is 6.59. The number of hydrogen-bond donors (Lipinski definition) is 1. The van der Waals surface area contributed by atoms with Crippen LogP contribution < -0.4 is 10.6 Å². The van der Waals surface area contributed by atoms with Crippen molar-refractivity contribution >= 4 is 17.3 Å². The van der Waals surface area contributed by atoms with Crippen molar-refractivity contribution in [2.45, 2.75) is 0 Å². The number of fused-ring (bicyclic) bond motifs is 1. The first-order valence-electron chi connectivity index (χ1n) is 9.15. The Balaban J connectivity index is 1.49. The Morgan fingerprint density at radius 2 is 1.86 bits per heavy atom. The molecule has 4 aromatic rings. The van der Waals surface area contributed by atoms with E-state index in [1.165, 1.54) is 0 Å². The molecule has 1 aliphatic heterocycles. The molecule has 0 amide bonds. The van der Waals surface area contributed by atoms with Crippen LogP contribution in [-0.2, 0) is 4.74 Å². The van der Waals surface area contributed by atoms with E-state index in [1.54, 1.807) is 10.7 Å². The van der Waals surface area contributed by atoms with Gasteiger partial charge in [0.2, 0.25) is 5.82 Å². The quantitative estimate of drug-likeness (QED) is 0.589. The van der Waals surface area contributed by atoms with Gasteiger partial charge in [0.25, 0.3) is 0 Å². The lowest BCUT2D eigenvalue weighted by atomic mass is 10.1. The number of nitrogens with two attached hydrogens (primary N) is 1. The van der Waals surface area contributed by atoms with E-state index in [-0.39, 0.29) is 0 Å². The summed E-state index contributed by atoms with van der Waals surface area (Å²) >= 11 is 0. The summed E-state index contributed by atoms with van der Waals surface area (Å²) in [5.74, 6) is 2.02. The SMILES string of the molecule is Nc1cc(-c2ccc(N3CCOCC3)nc2)cc2nc(-c3ccccn3)nn12. The standard InChI is InChI=1S/C20H19N7O/c21-17-11-15(14-4-5-18(23-13-14)26-7-9-28-10-8-26)12-19-24-20(25-27(17)19)16-3-1-2-6-22-16/h1-6,11-13H,7-10,21H2. The summed E-state index contributed by atoms with van der Waals surface area (Å²) in [4.78, 5) is 15.7. The fraction of sp³-hybridized carbons (Fsp3) is 0.200. The minimum atomic E-state index is 0.513. The third-order valence-electron chi connectivity index (χ3n) is 4.78. The Labute approximate surface area is 161 Å². The van der Waals surface area contributed by atoms with Gasteiger partial charge < -0.3 is 15.4 Å². The number of aromatic nitrogens is 5. The molecular formula is C20H19N7O. The zero-order chi connectivity index (χ0) is 18.9. The first-order valence-corrected chi connectivity index (χ1v) is 9.15.